The maximum absolute atomic E-state index is 12.3. The van der Waals surface area contributed by atoms with Gasteiger partial charge < -0.3 is 24.8 Å². The van der Waals surface area contributed by atoms with E-state index in [1.165, 1.54) is 29.2 Å². The van der Waals surface area contributed by atoms with Crippen LogP contribution in [0.5, 0.6) is 0 Å². The minimum Gasteiger partial charge on any atom is -0.400 e. The molecule has 2 saturated heterocycles. The summed E-state index contributed by atoms with van der Waals surface area (Å²) in [4.78, 5) is 59.6. The predicted octanol–water partition coefficient (Wildman–Crippen LogP) is 7.28. The number of hydrogen-bond acceptors (Lipinski definition) is 6. The third-order valence-corrected chi connectivity index (χ3v) is 7.86. The topological polar surface area (TPSA) is 112 Å². The summed E-state index contributed by atoms with van der Waals surface area (Å²) in [5.41, 5.74) is 2.04. The predicted molar refractivity (Wildman–Crippen MR) is 187 cm³/mol. The fraction of sp³-hybridized carbons (Fsp3) is 0.500. The average molecular weight is 848 g/mol. The number of hydrogen-bond donors (Lipinski definition) is 1. The van der Waals surface area contributed by atoms with Crippen LogP contribution in [0, 0.1) is 159 Å². The largest absolute Gasteiger partial charge is 0.400 e. The van der Waals surface area contributed by atoms with E-state index >= 15 is 0 Å². The Morgan fingerprint density at radius 3 is 1.12 bits per heavy atom. The van der Waals surface area contributed by atoms with Crippen LogP contribution in [0.3, 0.4) is 0 Å². The van der Waals surface area contributed by atoms with Crippen molar-refractivity contribution in [1.29, 1.82) is 0 Å². The number of carbonyl (C=O) groups excluding carboxylic acids is 5. The number of rotatable bonds is 1. The Kier molecular flexibility index (Phi) is 45.4. The number of benzene rings is 2. The molecule has 285 valence electrons. The number of aliphatic hydroxyl groups is 1. The second kappa shape index (κ2) is 35.9. The van der Waals surface area contributed by atoms with Crippen LogP contribution in [-0.4, -0.2) is 53.6 Å². The van der Waals surface area contributed by atoms with E-state index in [4.69, 9.17) is 5.11 Å². The molecule has 8 nitrogen and oxygen atoms in total. The second-order valence-corrected chi connectivity index (χ2v) is 11.1. The zero-order chi connectivity index (χ0) is 33.2. The van der Waals surface area contributed by atoms with Crippen LogP contribution in [-0.2, 0) is 56.7 Å². The van der Waals surface area contributed by atoms with E-state index in [0.29, 0.717) is 0 Å². The normalized spacial score (nSPS) is 20.2. The summed E-state index contributed by atoms with van der Waals surface area (Å²) in [6.07, 6.45) is 7.93. The van der Waals surface area contributed by atoms with Gasteiger partial charge in [-0.25, -0.2) is 0 Å². The van der Waals surface area contributed by atoms with E-state index in [-0.39, 0.29) is 214 Å². The summed E-state index contributed by atoms with van der Waals surface area (Å²) in [6.45, 7) is 9.14. The SMILES string of the molecule is CC.CC(C)=O.CN1C(=O)C2CCCCC2C1=O.CO.Cc1ccccc1.O=C1C2CCCCC2C(=O)N1c1ccccc1.[Ar].[Ar].[Ar].[CH3-].[CH3-].[Y]. The minimum atomic E-state index is -0.0588. The number of likely N-dealkylation sites (tertiary alicyclic amines) is 1. The maximum atomic E-state index is 12.3. The molecule has 0 spiro atoms. The van der Waals surface area contributed by atoms with Crippen molar-refractivity contribution in [3.63, 3.8) is 0 Å². The molecule has 2 saturated carbocycles. The Morgan fingerprint density at radius 1 is 0.600 bits per heavy atom. The van der Waals surface area contributed by atoms with Crippen molar-refractivity contribution in [3.05, 3.63) is 81.1 Å². The zero-order valence-corrected chi connectivity index (χ0v) is 36.2. The van der Waals surface area contributed by atoms with Crippen LogP contribution >= 0.6 is 0 Å². The minimum absolute atomic E-state index is 0. The molecule has 4 unspecified atom stereocenters. The van der Waals surface area contributed by atoms with E-state index in [1.807, 2.05) is 62.4 Å². The first kappa shape index (κ1) is 63.2. The number of nitrogens with zero attached hydrogens (tertiary/aromatic N) is 2. The van der Waals surface area contributed by atoms with Gasteiger partial charge in [-0.1, -0.05) is 93.6 Å². The Hall–Kier alpha value is 1.23. The van der Waals surface area contributed by atoms with Crippen molar-refractivity contribution in [3.8, 4) is 0 Å². The molecule has 2 heterocycles. The maximum Gasteiger partial charge on any atom is 0.237 e. The van der Waals surface area contributed by atoms with E-state index < -0.39 is 0 Å². The molecule has 50 heavy (non-hydrogen) atoms. The molecule has 2 aromatic rings. The van der Waals surface area contributed by atoms with Gasteiger partial charge in [0.25, 0.3) is 0 Å². The van der Waals surface area contributed by atoms with Gasteiger partial charge in [0.2, 0.25) is 23.6 Å². The van der Waals surface area contributed by atoms with Gasteiger partial charge >= 0.3 is 0 Å². The van der Waals surface area contributed by atoms with Crippen molar-refractivity contribution >= 4 is 35.1 Å². The molecule has 4 fully saturated rings. The van der Waals surface area contributed by atoms with Crippen LogP contribution in [0.25, 0.3) is 0 Å². The first-order valence-corrected chi connectivity index (χ1v) is 15.8. The molecule has 4 atom stereocenters. The number of carbonyl (C=O) groups is 5. The van der Waals surface area contributed by atoms with Crippen LogP contribution in [0.2, 0.25) is 0 Å². The van der Waals surface area contributed by atoms with Gasteiger partial charge in [-0.15, -0.1) is 0 Å². The molecule has 1 radical (unpaired) electrons. The van der Waals surface area contributed by atoms with E-state index in [0.717, 1.165) is 64.2 Å². The van der Waals surface area contributed by atoms with Gasteiger partial charge in [-0.3, -0.25) is 29.0 Å². The molecule has 6 rings (SSSR count). The van der Waals surface area contributed by atoms with Gasteiger partial charge in [0.1, 0.15) is 5.78 Å². The van der Waals surface area contributed by atoms with Crippen molar-refractivity contribution < 1.29 is 175 Å². The van der Waals surface area contributed by atoms with Crippen LogP contribution < -0.4 is 4.90 Å². The van der Waals surface area contributed by atoms with Gasteiger partial charge in [-0.2, -0.15) is 0 Å². The zero-order valence-electron chi connectivity index (χ0n) is 31.3. The number of aliphatic hydroxyl groups excluding tert-OH is 1. The molecule has 4 amide bonds. The molecule has 1 N–H and O–H groups in total. The molecule has 2 aliphatic heterocycles. The van der Waals surface area contributed by atoms with Crippen molar-refractivity contribution in [2.75, 3.05) is 19.1 Å². The fourth-order valence-electron chi connectivity index (χ4n) is 5.86. The number of anilines is 1. The van der Waals surface area contributed by atoms with E-state index in [2.05, 4.69) is 19.1 Å². The smallest absolute Gasteiger partial charge is 0.237 e. The van der Waals surface area contributed by atoms with Gasteiger partial charge in [0, 0.05) is 160 Å². The van der Waals surface area contributed by atoms with Crippen molar-refractivity contribution in [2.45, 2.75) is 86.0 Å². The summed E-state index contributed by atoms with van der Waals surface area (Å²) in [7, 11) is 2.60. The van der Waals surface area contributed by atoms with Crippen LogP contribution in [0.1, 0.15) is 84.6 Å². The monoisotopic (exact) mass is 847 g/mol. The summed E-state index contributed by atoms with van der Waals surface area (Å²) in [5.74, 6) is 0.201. The average Bonchev–Trinajstić information content (AvgIpc) is 3.44. The molecule has 2 aromatic carbocycles. The number of ketones is 1. The third-order valence-electron chi connectivity index (χ3n) is 7.86. The molecule has 0 bridgehead atoms. The van der Waals surface area contributed by atoms with Gasteiger partial charge in [0.05, 0.1) is 29.4 Å². The molecule has 12 heteroatoms. The van der Waals surface area contributed by atoms with Crippen LogP contribution in [0.15, 0.2) is 60.7 Å². The summed E-state index contributed by atoms with van der Waals surface area (Å²) in [6, 6.07) is 19.5. The number of aryl methyl sites for hydroxylation is 1. The molecule has 2 aliphatic carbocycles. The number of Topliss-reactive ketones (excluding diaryl/α,β-unsaturated/α-hetero) is 1. The Morgan fingerprint density at radius 2 is 0.860 bits per heavy atom. The Balaban J connectivity index is -0.000000131. The number of fused-ring (bicyclic) bond motifs is 2. The third kappa shape index (κ3) is 20.2. The fourth-order valence-corrected chi connectivity index (χ4v) is 5.86. The van der Waals surface area contributed by atoms with Crippen molar-refractivity contribution in [1.82, 2.24) is 4.90 Å². The molecule has 0 aromatic heterocycles. The number of imide groups is 2. The van der Waals surface area contributed by atoms with Crippen LogP contribution in [0.4, 0.5) is 5.69 Å². The van der Waals surface area contributed by atoms with E-state index in [9.17, 15) is 24.0 Å². The number of para-hydroxylation sites is 1. The summed E-state index contributed by atoms with van der Waals surface area (Å²) >= 11 is 0. The van der Waals surface area contributed by atoms with E-state index in [1.54, 1.807) is 7.05 Å². The first-order chi connectivity index (χ1) is 21.1. The Bertz CT molecular complexity index is 1160. The quantitative estimate of drug-likeness (QED) is 0.239. The molecular weight excluding hydrogens is 789 g/mol. The summed E-state index contributed by atoms with van der Waals surface area (Å²) < 4.78 is 0. The number of amides is 4. The molecule has 4 aliphatic rings. The van der Waals surface area contributed by atoms with Gasteiger partial charge in [-0.05, 0) is 58.6 Å². The van der Waals surface area contributed by atoms with Gasteiger partial charge in [0.15, 0.2) is 0 Å². The molecular formula is C38H58Ar3N2O6Y-2. The first-order valence-electron chi connectivity index (χ1n) is 15.8. The summed E-state index contributed by atoms with van der Waals surface area (Å²) in [5, 5.41) is 7.00. The second-order valence-electron chi connectivity index (χ2n) is 11.1. The van der Waals surface area contributed by atoms with Crippen molar-refractivity contribution in [2.24, 2.45) is 23.7 Å². The standard InChI is InChI=1S/C14H15NO2.C9H13NO2.C7H8.C3H6O.C2H6.CH4O.2CH3.3Ar.Y/c16-13-11-8-4-5-9-12(11)14(17)15(13)10-6-2-1-3-7-10;1-10-8(11)6-4-2-3-5-7(6)9(10)12;1-7-5-3-2-4-6-7;1-3(2)4;2*1-2;;;;;;/h1-3,6-7,11-12H,4-5,8-9H2;6-7H,2-5H2,1H3;2-6H,1H3;1-2H3;1-2H3;2H,1H3;2*1H3;;;;/q;;;;;;2*-1;;;;. The Labute approximate surface area is 418 Å².